The summed E-state index contributed by atoms with van der Waals surface area (Å²) < 4.78 is 12.2. The molecule has 0 spiro atoms. The Bertz CT molecular complexity index is 1010. The Labute approximate surface area is 256 Å². The molecule has 0 saturated carbocycles. The number of likely N-dealkylation sites (N-methyl/N-ethyl adjacent to an activating group) is 2. The molecule has 1 heterocycles. The van der Waals surface area contributed by atoms with E-state index in [1.165, 1.54) is 12.0 Å². The smallest absolute Gasteiger partial charge is 0.549 e. The van der Waals surface area contributed by atoms with E-state index in [-0.39, 0.29) is 35.7 Å². The number of aromatic nitrogens is 2. The second kappa shape index (κ2) is 14.1. The van der Waals surface area contributed by atoms with Gasteiger partial charge in [0.1, 0.15) is 5.60 Å². The number of hydrogen-bond acceptors (Lipinski definition) is 8. The average molecular weight is 658 g/mol. The van der Waals surface area contributed by atoms with Gasteiger partial charge in [0.2, 0.25) is 0 Å². The fraction of sp³-hybridized carbons (Fsp3) is 0.667. The van der Waals surface area contributed by atoms with Crippen molar-refractivity contribution < 1.29 is 58.5 Å². The van der Waals surface area contributed by atoms with Crippen molar-refractivity contribution in [3.8, 4) is 0 Å². The number of allylic oxidation sites excluding steroid dienone is 1. The third kappa shape index (κ3) is 9.17. The Hall–Kier alpha value is -0.720. The molecule has 1 aliphatic rings. The molecule has 37 heavy (non-hydrogen) atoms. The molecule has 13 heteroatoms. The minimum atomic E-state index is -1.23. The van der Waals surface area contributed by atoms with Crippen LogP contribution in [-0.4, -0.2) is 77.3 Å². The summed E-state index contributed by atoms with van der Waals surface area (Å²) in [5.74, 6) is -3.29. The molecule has 3 unspecified atom stereocenters. The van der Waals surface area contributed by atoms with Crippen molar-refractivity contribution in [1.82, 2.24) is 19.4 Å². The quantitative estimate of drug-likeness (QED) is 0.157. The van der Waals surface area contributed by atoms with E-state index in [0.29, 0.717) is 43.7 Å². The standard InChI is InChI=1S/C24H38IN4O6P.Na/c1-23(2,3)35-22(33)28(7)10-9-27(6)13-16-14-29(36-25)26-19(16)15-11-17(20(30)31)24(4,5)18(12-15)21(32)34-8;/h11,14,17-18,36H,9-10,12-13H2,1-8H3,(H,30,31);/q;+1/p-1. The van der Waals surface area contributed by atoms with Crippen molar-refractivity contribution in [3.63, 3.8) is 0 Å². The third-order valence-electron chi connectivity index (χ3n) is 6.37. The van der Waals surface area contributed by atoms with Crippen LogP contribution in [0.3, 0.4) is 0 Å². The number of methoxy groups -OCH3 is 1. The number of esters is 1. The van der Waals surface area contributed by atoms with Crippen LogP contribution in [0.2, 0.25) is 0 Å². The van der Waals surface area contributed by atoms with Crippen molar-refractivity contribution >= 4 is 52.0 Å². The molecule has 3 atom stereocenters. The number of ether oxygens (including phenoxy) is 2. The molecule has 0 N–H and O–H groups in total. The molecule has 0 aliphatic heterocycles. The average Bonchev–Trinajstić information content (AvgIpc) is 3.17. The maximum atomic E-state index is 12.6. The van der Waals surface area contributed by atoms with E-state index in [1.807, 2.05) is 38.5 Å². The van der Waals surface area contributed by atoms with Crippen molar-refractivity contribution in [2.24, 2.45) is 17.3 Å². The van der Waals surface area contributed by atoms with Crippen LogP contribution in [0.15, 0.2) is 12.3 Å². The van der Waals surface area contributed by atoms with Gasteiger partial charge in [0.25, 0.3) is 0 Å². The van der Waals surface area contributed by atoms with Crippen LogP contribution >= 0.6 is 28.4 Å². The predicted octanol–water partition coefficient (Wildman–Crippen LogP) is -0.0540. The number of carbonyl (C=O) groups is 3. The van der Waals surface area contributed by atoms with Gasteiger partial charge < -0.3 is 29.2 Å². The Kier molecular flexibility index (Phi) is 13.0. The number of carboxylic acids is 1. The molecule has 0 bridgehead atoms. The number of carbonyl (C=O) groups excluding carboxylic acids is 3. The van der Waals surface area contributed by atoms with E-state index in [1.54, 1.807) is 27.0 Å². The molecule has 0 fully saturated rings. The van der Waals surface area contributed by atoms with Crippen molar-refractivity contribution in [2.75, 3.05) is 34.3 Å². The molecule has 1 aromatic rings. The van der Waals surface area contributed by atoms with Crippen molar-refractivity contribution in [2.45, 2.75) is 53.2 Å². The van der Waals surface area contributed by atoms with E-state index >= 15 is 0 Å². The number of carboxylic acid groups (broad SMARTS) is 1. The van der Waals surface area contributed by atoms with Gasteiger partial charge >= 0.3 is 41.6 Å². The summed E-state index contributed by atoms with van der Waals surface area (Å²) in [6.07, 6.45) is 3.91. The molecule has 202 valence electrons. The maximum Gasteiger partial charge on any atom is 1.00 e. The molecule has 10 nitrogen and oxygen atoms in total. The van der Waals surface area contributed by atoms with Gasteiger partial charge in [-0.3, -0.25) is 4.79 Å². The van der Waals surface area contributed by atoms with E-state index in [0.717, 1.165) is 5.56 Å². The Morgan fingerprint density at radius 3 is 2.41 bits per heavy atom. The summed E-state index contributed by atoms with van der Waals surface area (Å²) in [4.78, 5) is 40.5. The molecule has 0 saturated heterocycles. The summed E-state index contributed by atoms with van der Waals surface area (Å²) >= 11 is 2.23. The van der Waals surface area contributed by atoms with E-state index < -0.39 is 34.8 Å². The summed E-state index contributed by atoms with van der Waals surface area (Å²) in [6.45, 7) is 10.6. The molecule has 2 rings (SSSR count). The third-order valence-corrected chi connectivity index (χ3v) is 8.26. The molecular formula is C24H37IN4NaO6P. The molecule has 0 radical (unpaired) electrons. The predicted molar refractivity (Wildman–Crippen MR) is 146 cm³/mol. The van der Waals surface area contributed by atoms with Crippen LogP contribution in [0.4, 0.5) is 4.79 Å². The van der Waals surface area contributed by atoms with E-state index in [2.05, 4.69) is 26.9 Å². The molecular weight excluding hydrogens is 621 g/mol. The van der Waals surface area contributed by atoms with Crippen LogP contribution in [0, 0.1) is 17.3 Å². The van der Waals surface area contributed by atoms with Gasteiger partial charge in [-0.05, 0) is 67.3 Å². The largest absolute Gasteiger partial charge is 1.00 e. The van der Waals surface area contributed by atoms with Gasteiger partial charge in [0.05, 0.1) is 25.1 Å². The summed E-state index contributed by atoms with van der Waals surface area (Å²) in [5, 5.41) is 16.7. The van der Waals surface area contributed by atoms with Crippen LogP contribution in [0.5, 0.6) is 0 Å². The Balaban J connectivity index is 0.00000684. The molecule has 0 aromatic carbocycles. The molecule has 1 aromatic heterocycles. The Morgan fingerprint density at radius 2 is 1.89 bits per heavy atom. The normalized spacial score (nSPS) is 19.4. The first-order chi connectivity index (χ1) is 16.6. The van der Waals surface area contributed by atoms with Gasteiger partial charge in [-0.1, -0.05) is 19.9 Å². The minimum absolute atomic E-state index is 0. The Morgan fingerprint density at radius 1 is 1.27 bits per heavy atom. The zero-order valence-electron chi connectivity index (χ0n) is 23.3. The molecule has 1 amide bonds. The summed E-state index contributed by atoms with van der Waals surface area (Å²) in [5.41, 5.74) is 0.845. The van der Waals surface area contributed by atoms with Crippen LogP contribution < -0.4 is 34.7 Å². The number of aliphatic carboxylic acids is 1. The first-order valence-corrected chi connectivity index (χ1v) is 15.7. The summed E-state index contributed by atoms with van der Waals surface area (Å²) in [6, 6.07) is 0. The fourth-order valence-corrected chi connectivity index (χ4v) is 5.31. The summed E-state index contributed by atoms with van der Waals surface area (Å²) in [7, 11) is 4.95. The van der Waals surface area contributed by atoms with Crippen molar-refractivity contribution in [1.29, 1.82) is 0 Å². The SMILES string of the molecule is COC(=O)C1CC(c2nn(PI)cc2CN(C)CCN(C)C(=O)OC(C)(C)C)=CC(C(=O)[O-])C1(C)C.[Na+]. The monoisotopic (exact) mass is 658 g/mol. The molecule has 1 aliphatic carbocycles. The zero-order chi connectivity index (χ0) is 27.4. The first kappa shape index (κ1) is 34.3. The van der Waals surface area contributed by atoms with Gasteiger partial charge in [0.15, 0.2) is 0 Å². The fourth-order valence-electron chi connectivity index (χ4n) is 4.22. The van der Waals surface area contributed by atoms with Crippen molar-refractivity contribution in [3.05, 3.63) is 23.5 Å². The zero-order valence-corrected chi connectivity index (χ0v) is 28.4. The maximum absolute atomic E-state index is 12.6. The number of amides is 1. The minimum Gasteiger partial charge on any atom is -0.549 e. The second-order valence-corrected chi connectivity index (χ2v) is 12.8. The van der Waals surface area contributed by atoms with Gasteiger partial charge in [-0.15, -0.1) is 0 Å². The second-order valence-electron chi connectivity index (χ2n) is 10.8. The van der Waals surface area contributed by atoms with Gasteiger partial charge in [0, 0.05) is 50.3 Å². The number of halogens is 1. The van der Waals surface area contributed by atoms with Crippen LogP contribution in [-0.2, 0) is 25.6 Å². The number of rotatable bonds is 9. The van der Waals surface area contributed by atoms with Crippen LogP contribution in [0.1, 0.15) is 52.3 Å². The van der Waals surface area contributed by atoms with E-state index in [4.69, 9.17) is 14.6 Å². The number of nitrogens with zero attached hydrogens (tertiary/aromatic N) is 4. The van der Waals surface area contributed by atoms with E-state index in [9.17, 15) is 19.5 Å². The number of hydrogen-bond donors (Lipinski definition) is 0. The topological polar surface area (TPSA) is 117 Å². The van der Waals surface area contributed by atoms with Gasteiger partial charge in [-0.2, -0.15) is 5.10 Å². The van der Waals surface area contributed by atoms with Crippen LogP contribution in [0.25, 0.3) is 5.57 Å². The van der Waals surface area contributed by atoms with Gasteiger partial charge in [-0.25, -0.2) is 9.25 Å². The first-order valence-electron chi connectivity index (χ1n) is 11.7.